The van der Waals surface area contributed by atoms with Gasteiger partial charge in [0.2, 0.25) is 11.3 Å². The fourth-order valence-corrected chi connectivity index (χ4v) is 4.22. The van der Waals surface area contributed by atoms with Gasteiger partial charge in [0.15, 0.2) is 0 Å². The molecular weight excluding hydrogens is 440 g/mol. The molecule has 1 saturated heterocycles. The first-order valence-electron chi connectivity index (χ1n) is 10.8. The van der Waals surface area contributed by atoms with Gasteiger partial charge in [-0.3, -0.25) is 9.54 Å². The number of aromatic nitrogens is 2. The summed E-state index contributed by atoms with van der Waals surface area (Å²) in [6, 6.07) is 12.0. The number of hydrogen-bond acceptors (Lipinski definition) is 7. The molecule has 1 aliphatic heterocycles. The van der Waals surface area contributed by atoms with Crippen molar-refractivity contribution in [2.24, 2.45) is 0 Å². The van der Waals surface area contributed by atoms with E-state index in [1.165, 1.54) is 0 Å². The van der Waals surface area contributed by atoms with Gasteiger partial charge in [0.1, 0.15) is 23.0 Å². The van der Waals surface area contributed by atoms with Crippen LogP contribution in [-0.2, 0) is 22.4 Å². The average Bonchev–Trinajstić information content (AvgIpc) is 2.83. The molecule has 1 fully saturated rings. The van der Waals surface area contributed by atoms with Gasteiger partial charge in [-0.15, -0.1) is 0 Å². The molecule has 1 aliphatic rings. The van der Waals surface area contributed by atoms with Gasteiger partial charge in [-0.25, -0.2) is 13.9 Å². The standard InChI is InChI=1S/C23H26N6O3S/c1-16-17(5-3-9-26-33(30)31)4-2-6-19(16)27-20-7-8-21-23(18(20)14-24)28-22(15-25-21)29-10-12-32-13-11-29/h2,4,6-8,15,26-27H,3,5,9-13H2,1H3,(H,30,31). The molecule has 172 valence electrons. The van der Waals surface area contributed by atoms with Gasteiger partial charge in [-0.05, 0) is 49.1 Å². The number of aryl methyl sites for hydroxylation is 1. The van der Waals surface area contributed by atoms with Gasteiger partial charge in [-0.2, -0.15) is 5.26 Å². The number of hydrogen-bond donors (Lipinski definition) is 3. The molecule has 33 heavy (non-hydrogen) atoms. The van der Waals surface area contributed by atoms with E-state index in [0.29, 0.717) is 42.0 Å². The zero-order valence-electron chi connectivity index (χ0n) is 18.4. The second-order valence-corrected chi connectivity index (χ2v) is 8.54. The average molecular weight is 467 g/mol. The van der Waals surface area contributed by atoms with Crippen LogP contribution < -0.4 is 14.9 Å². The molecular formula is C23H26N6O3S. The Kier molecular flexibility index (Phi) is 7.47. The van der Waals surface area contributed by atoms with E-state index >= 15 is 0 Å². The quantitative estimate of drug-likeness (QED) is 0.342. The van der Waals surface area contributed by atoms with Gasteiger partial charge in [0.25, 0.3) is 0 Å². The van der Waals surface area contributed by atoms with E-state index in [-0.39, 0.29) is 0 Å². The van der Waals surface area contributed by atoms with E-state index in [4.69, 9.17) is 14.3 Å². The SMILES string of the molecule is Cc1c(CCCNS(=O)O)cccc1Nc1ccc2ncc(N3CCOCC3)nc2c1C#N. The third kappa shape index (κ3) is 5.46. The Morgan fingerprint density at radius 2 is 2.06 bits per heavy atom. The van der Waals surface area contributed by atoms with Crippen molar-refractivity contribution in [3.8, 4) is 6.07 Å². The highest BCUT2D eigenvalue weighted by Crippen LogP contribution is 2.30. The molecule has 1 atom stereocenters. The van der Waals surface area contributed by atoms with Crippen molar-refractivity contribution in [2.75, 3.05) is 43.1 Å². The number of ether oxygens (including phenoxy) is 1. The maximum atomic E-state index is 10.7. The molecule has 2 heterocycles. The molecule has 3 aromatic rings. The lowest BCUT2D eigenvalue weighted by Gasteiger charge is -2.27. The minimum Gasteiger partial charge on any atom is -0.378 e. The van der Waals surface area contributed by atoms with Crippen LogP contribution in [0.3, 0.4) is 0 Å². The Hall–Kier alpha value is -3.10. The molecule has 2 aromatic carbocycles. The highest BCUT2D eigenvalue weighted by Gasteiger charge is 2.17. The molecule has 0 radical (unpaired) electrons. The van der Waals surface area contributed by atoms with Crippen LogP contribution in [0.2, 0.25) is 0 Å². The highest BCUT2D eigenvalue weighted by atomic mass is 32.2. The minimum absolute atomic E-state index is 0.452. The number of anilines is 3. The van der Waals surface area contributed by atoms with Crippen LogP contribution in [-0.4, -0.2) is 51.6 Å². The summed E-state index contributed by atoms with van der Waals surface area (Å²) in [5, 5.41) is 13.4. The maximum Gasteiger partial charge on any atom is 0.231 e. The van der Waals surface area contributed by atoms with Gasteiger partial charge >= 0.3 is 0 Å². The van der Waals surface area contributed by atoms with Gasteiger partial charge in [0.05, 0.1) is 30.6 Å². The normalized spacial score (nSPS) is 14.8. The van der Waals surface area contributed by atoms with E-state index in [1.54, 1.807) is 6.20 Å². The molecule has 9 nitrogen and oxygen atoms in total. The summed E-state index contributed by atoms with van der Waals surface area (Å²) >= 11 is -1.99. The Morgan fingerprint density at radius 1 is 1.24 bits per heavy atom. The van der Waals surface area contributed by atoms with Gasteiger partial charge in [-0.1, -0.05) is 12.1 Å². The molecule has 1 aromatic heterocycles. The Bertz CT molecular complexity index is 1210. The first-order chi connectivity index (χ1) is 16.1. The van der Waals surface area contributed by atoms with Crippen LogP contribution in [0.5, 0.6) is 0 Å². The van der Waals surface area contributed by atoms with Crippen LogP contribution in [0.15, 0.2) is 36.5 Å². The monoisotopic (exact) mass is 466 g/mol. The van der Waals surface area contributed by atoms with Crippen LogP contribution in [0.25, 0.3) is 11.0 Å². The Morgan fingerprint density at radius 3 is 2.82 bits per heavy atom. The van der Waals surface area contributed by atoms with Crippen LogP contribution in [0.4, 0.5) is 17.2 Å². The predicted molar refractivity (Wildman–Crippen MR) is 129 cm³/mol. The van der Waals surface area contributed by atoms with Crippen molar-refractivity contribution in [1.29, 1.82) is 5.26 Å². The van der Waals surface area contributed by atoms with E-state index in [9.17, 15) is 9.47 Å². The summed E-state index contributed by atoms with van der Waals surface area (Å²) in [5.74, 6) is 0.745. The third-order valence-electron chi connectivity index (χ3n) is 5.71. The molecule has 4 rings (SSSR count). The third-order valence-corrected chi connectivity index (χ3v) is 6.16. The lowest BCUT2D eigenvalue weighted by molar-refractivity contribution is 0.122. The van der Waals surface area contributed by atoms with E-state index in [0.717, 1.165) is 48.6 Å². The van der Waals surface area contributed by atoms with Crippen LogP contribution >= 0.6 is 0 Å². The van der Waals surface area contributed by atoms with E-state index < -0.39 is 11.3 Å². The van der Waals surface area contributed by atoms with Gasteiger partial charge in [0, 0.05) is 25.3 Å². The fourth-order valence-electron chi connectivity index (χ4n) is 3.90. The number of rotatable bonds is 8. The molecule has 0 aliphatic carbocycles. The van der Waals surface area contributed by atoms with E-state index in [1.807, 2.05) is 37.3 Å². The predicted octanol–water partition coefficient (Wildman–Crippen LogP) is 3.05. The summed E-state index contributed by atoms with van der Waals surface area (Å²) < 4.78 is 27.5. The molecule has 0 saturated carbocycles. The van der Waals surface area contributed by atoms with Crippen molar-refractivity contribution in [3.63, 3.8) is 0 Å². The lowest BCUT2D eigenvalue weighted by atomic mass is 10.0. The summed E-state index contributed by atoms with van der Waals surface area (Å²) in [4.78, 5) is 11.4. The van der Waals surface area contributed by atoms with Crippen molar-refractivity contribution >= 4 is 39.5 Å². The van der Waals surface area contributed by atoms with Crippen molar-refractivity contribution < 1.29 is 13.5 Å². The van der Waals surface area contributed by atoms with Gasteiger partial charge < -0.3 is 15.0 Å². The largest absolute Gasteiger partial charge is 0.378 e. The minimum atomic E-state index is -1.99. The topological polar surface area (TPSA) is 123 Å². The summed E-state index contributed by atoms with van der Waals surface area (Å²) in [5.41, 5.74) is 5.49. The Balaban J connectivity index is 1.60. The number of fused-ring (bicyclic) bond motifs is 1. The molecule has 10 heteroatoms. The van der Waals surface area contributed by atoms with Crippen LogP contribution in [0, 0.1) is 18.3 Å². The van der Waals surface area contributed by atoms with E-state index in [2.05, 4.69) is 26.0 Å². The number of nitriles is 1. The zero-order valence-corrected chi connectivity index (χ0v) is 19.2. The molecule has 0 bridgehead atoms. The Labute approximate surface area is 195 Å². The number of morpholine rings is 1. The fraction of sp³-hybridized carbons (Fsp3) is 0.348. The zero-order chi connectivity index (χ0) is 23.2. The summed E-state index contributed by atoms with van der Waals surface area (Å²) in [7, 11) is 0. The lowest BCUT2D eigenvalue weighted by Crippen LogP contribution is -2.36. The van der Waals surface area contributed by atoms with Crippen molar-refractivity contribution in [1.82, 2.24) is 14.7 Å². The second kappa shape index (κ2) is 10.7. The van der Waals surface area contributed by atoms with Crippen molar-refractivity contribution in [2.45, 2.75) is 19.8 Å². The molecule has 1 unspecified atom stereocenters. The smallest absolute Gasteiger partial charge is 0.231 e. The number of nitrogens with zero attached hydrogens (tertiary/aromatic N) is 4. The second-order valence-electron chi connectivity index (χ2n) is 7.76. The molecule has 3 N–H and O–H groups in total. The van der Waals surface area contributed by atoms with Crippen LogP contribution in [0.1, 0.15) is 23.1 Å². The van der Waals surface area contributed by atoms with Crippen molar-refractivity contribution in [3.05, 3.63) is 53.2 Å². The molecule has 0 spiro atoms. The highest BCUT2D eigenvalue weighted by molar-refractivity contribution is 7.77. The first-order valence-corrected chi connectivity index (χ1v) is 11.9. The number of benzene rings is 2. The number of nitrogens with one attached hydrogen (secondary N) is 2. The summed E-state index contributed by atoms with van der Waals surface area (Å²) in [6.45, 7) is 5.27. The summed E-state index contributed by atoms with van der Waals surface area (Å²) in [6.07, 6.45) is 3.25. The molecule has 0 amide bonds. The maximum absolute atomic E-state index is 10.7. The first kappa shape index (κ1) is 23.1.